The summed E-state index contributed by atoms with van der Waals surface area (Å²) in [4.78, 5) is 37.3. The minimum atomic E-state index is -0.402. The Hall–Kier alpha value is -2.94. The zero-order valence-corrected chi connectivity index (χ0v) is 15.9. The molecule has 9 nitrogen and oxygen atoms in total. The van der Waals surface area contributed by atoms with Crippen LogP contribution >= 0.6 is 0 Å². The summed E-state index contributed by atoms with van der Waals surface area (Å²) >= 11 is 0. The maximum atomic E-state index is 12.3. The van der Waals surface area contributed by atoms with Gasteiger partial charge < -0.3 is 25.4 Å². The Labute approximate surface area is 163 Å². The van der Waals surface area contributed by atoms with Gasteiger partial charge in [0, 0.05) is 24.3 Å². The molecule has 2 rings (SSSR count). The topological polar surface area (TPSA) is 135 Å². The average molecular weight is 390 g/mol. The molecule has 0 aromatic heterocycles. The number of rotatable bonds is 8. The van der Waals surface area contributed by atoms with Crippen molar-refractivity contribution in [3.05, 3.63) is 29.8 Å². The van der Waals surface area contributed by atoms with Crippen molar-refractivity contribution in [1.82, 2.24) is 4.90 Å². The van der Waals surface area contributed by atoms with Crippen LogP contribution in [0, 0.1) is 5.41 Å². The predicted molar refractivity (Wildman–Crippen MR) is 103 cm³/mol. The smallest absolute Gasteiger partial charge is 0.332 e. The van der Waals surface area contributed by atoms with E-state index in [0.29, 0.717) is 43.8 Å². The Morgan fingerprint density at radius 1 is 1.21 bits per heavy atom. The first kappa shape index (κ1) is 21.4. The van der Waals surface area contributed by atoms with Crippen molar-refractivity contribution >= 4 is 29.3 Å². The summed E-state index contributed by atoms with van der Waals surface area (Å²) in [7, 11) is 0. The monoisotopic (exact) mass is 390 g/mol. The summed E-state index contributed by atoms with van der Waals surface area (Å²) in [5.41, 5.74) is 6.48. The van der Waals surface area contributed by atoms with Crippen molar-refractivity contribution in [3.63, 3.8) is 0 Å². The minimum Gasteiger partial charge on any atom is -0.464 e. The number of amides is 2. The van der Waals surface area contributed by atoms with Crippen LogP contribution in [0.3, 0.4) is 0 Å². The third kappa shape index (κ3) is 6.66. The molecule has 0 aliphatic carbocycles. The van der Waals surface area contributed by atoms with E-state index in [0.717, 1.165) is 0 Å². The molecule has 0 radical (unpaired) electrons. The highest BCUT2D eigenvalue weighted by Gasteiger charge is 2.25. The van der Waals surface area contributed by atoms with E-state index in [2.05, 4.69) is 5.32 Å². The van der Waals surface area contributed by atoms with E-state index in [1.807, 2.05) is 0 Å². The largest absolute Gasteiger partial charge is 0.464 e. The van der Waals surface area contributed by atoms with Crippen LogP contribution < -0.4 is 11.1 Å². The van der Waals surface area contributed by atoms with Crippen LogP contribution in [0.25, 0.3) is 0 Å². The summed E-state index contributed by atoms with van der Waals surface area (Å²) < 4.78 is 10.3. The number of amidine groups is 1. The fourth-order valence-corrected chi connectivity index (χ4v) is 2.85. The van der Waals surface area contributed by atoms with Crippen molar-refractivity contribution in [2.75, 3.05) is 31.6 Å². The molecule has 1 aromatic rings. The first-order valence-electron chi connectivity index (χ1n) is 9.18. The van der Waals surface area contributed by atoms with E-state index in [-0.39, 0.29) is 30.9 Å². The summed E-state index contributed by atoms with van der Waals surface area (Å²) in [5, 5.41) is 10.00. The number of benzene rings is 1. The first-order valence-corrected chi connectivity index (χ1v) is 9.18. The highest BCUT2D eigenvalue weighted by atomic mass is 16.6. The van der Waals surface area contributed by atoms with Crippen molar-refractivity contribution in [2.45, 2.75) is 32.3 Å². The number of piperidine rings is 1. The van der Waals surface area contributed by atoms with Crippen molar-refractivity contribution in [2.24, 2.45) is 5.73 Å². The van der Waals surface area contributed by atoms with E-state index in [1.54, 1.807) is 36.1 Å². The van der Waals surface area contributed by atoms with Crippen LogP contribution in [0.15, 0.2) is 24.3 Å². The molecule has 1 aliphatic heterocycles. The number of nitrogen functional groups attached to an aromatic ring is 1. The number of hydrogen-bond donors (Lipinski definition) is 3. The normalized spacial score (nSPS) is 14.4. The minimum absolute atomic E-state index is 0.0531. The van der Waals surface area contributed by atoms with E-state index in [9.17, 15) is 14.4 Å². The Balaban J connectivity index is 1.72. The molecule has 1 saturated heterocycles. The average Bonchev–Trinajstić information content (AvgIpc) is 2.67. The van der Waals surface area contributed by atoms with Gasteiger partial charge in [0.05, 0.1) is 12.7 Å². The molecule has 152 valence electrons. The van der Waals surface area contributed by atoms with Gasteiger partial charge in [-0.1, -0.05) is 0 Å². The molecule has 0 spiro atoms. The number of anilines is 1. The van der Waals surface area contributed by atoms with Gasteiger partial charge >= 0.3 is 5.97 Å². The Morgan fingerprint density at radius 2 is 1.86 bits per heavy atom. The number of hydrogen-bond acceptors (Lipinski definition) is 6. The third-order valence-electron chi connectivity index (χ3n) is 4.33. The third-order valence-corrected chi connectivity index (χ3v) is 4.33. The summed E-state index contributed by atoms with van der Waals surface area (Å²) in [5.74, 6) is -1.10. The molecule has 1 heterocycles. The van der Waals surface area contributed by atoms with Crippen LogP contribution in [0.1, 0.15) is 31.7 Å². The molecule has 28 heavy (non-hydrogen) atoms. The second-order valence-electron chi connectivity index (χ2n) is 6.41. The highest BCUT2D eigenvalue weighted by molar-refractivity contribution is 6.04. The van der Waals surface area contributed by atoms with Gasteiger partial charge in [0.25, 0.3) is 0 Å². The van der Waals surface area contributed by atoms with Gasteiger partial charge in [-0.15, -0.1) is 0 Å². The Morgan fingerprint density at radius 3 is 2.43 bits per heavy atom. The zero-order chi connectivity index (χ0) is 20.5. The number of nitrogens with two attached hydrogens (primary N) is 1. The predicted octanol–water partition coefficient (Wildman–Crippen LogP) is 0.870. The summed E-state index contributed by atoms with van der Waals surface area (Å²) in [6.45, 7) is 2.93. The van der Waals surface area contributed by atoms with Crippen molar-refractivity contribution in [3.8, 4) is 0 Å². The van der Waals surface area contributed by atoms with Crippen molar-refractivity contribution in [1.29, 1.82) is 5.41 Å². The van der Waals surface area contributed by atoms with Gasteiger partial charge in [-0.25, -0.2) is 4.79 Å². The lowest BCUT2D eigenvalue weighted by molar-refractivity contribution is -0.152. The molecule has 0 bridgehead atoms. The Bertz CT molecular complexity index is 712. The van der Waals surface area contributed by atoms with Gasteiger partial charge in [0.15, 0.2) is 0 Å². The number of nitrogens with one attached hydrogen (secondary N) is 2. The molecule has 1 aromatic carbocycles. The van der Waals surface area contributed by atoms with Crippen molar-refractivity contribution < 1.29 is 23.9 Å². The molecule has 1 aliphatic rings. The number of carbonyl (C=O) groups is 3. The van der Waals surface area contributed by atoms with E-state index >= 15 is 0 Å². The van der Waals surface area contributed by atoms with E-state index in [1.165, 1.54) is 0 Å². The first-order chi connectivity index (χ1) is 13.4. The molecule has 0 saturated carbocycles. The fourth-order valence-electron chi connectivity index (χ4n) is 2.85. The van der Waals surface area contributed by atoms with Gasteiger partial charge in [-0.05, 0) is 44.0 Å². The molecule has 1 fully saturated rings. The van der Waals surface area contributed by atoms with Crippen LogP contribution in [0.4, 0.5) is 5.69 Å². The van der Waals surface area contributed by atoms with E-state index in [4.69, 9.17) is 20.6 Å². The zero-order valence-electron chi connectivity index (χ0n) is 15.9. The maximum Gasteiger partial charge on any atom is 0.332 e. The quantitative estimate of drug-likeness (QED) is 0.261. The number of nitrogens with zero attached hydrogens (tertiary/aromatic N) is 1. The van der Waals surface area contributed by atoms with Crippen LogP contribution in [0.2, 0.25) is 0 Å². The summed E-state index contributed by atoms with van der Waals surface area (Å²) in [6.07, 6.45) is 0.878. The van der Waals surface area contributed by atoms with Crippen LogP contribution in [-0.4, -0.2) is 60.9 Å². The Kier molecular flexibility index (Phi) is 7.94. The van der Waals surface area contributed by atoms with Gasteiger partial charge in [0.1, 0.15) is 18.9 Å². The summed E-state index contributed by atoms with van der Waals surface area (Å²) in [6, 6.07) is 6.51. The number of ether oxygens (including phenoxy) is 2. The van der Waals surface area contributed by atoms with Gasteiger partial charge in [-0.2, -0.15) is 0 Å². The van der Waals surface area contributed by atoms with Crippen LogP contribution in [-0.2, 0) is 23.9 Å². The van der Waals surface area contributed by atoms with E-state index < -0.39 is 11.9 Å². The molecule has 0 atom stereocenters. The highest BCUT2D eigenvalue weighted by Crippen LogP contribution is 2.15. The maximum absolute atomic E-state index is 12.3. The molecule has 2 amide bonds. The fraction of sp³-hybridized carbons (Fsp3) is 0.474. The number of likely N-dealkylation sites (tertiary alicyclic amines) is 1. The number of carbonyl (C=O) groups excluding carboxylic acids is 3. The standard InChI is InChI=1S/C19H26N4O5/c1-2-27-18(26)12-28-15-7-9-23(10-8-15)17(25)11-16(24)22-14-5-3-13(4-6-14)19(20)21/h3-6,15H,2,7-12H2,1H3,(H3,20,21)(H,22,24). The molecule has 9 heteroatoms. The molecular formula is C19H26N4O5. The SMILES string of the molecule is CCOC(=O)COC1CCN(C(=O)CC(=O)Nc2ccc(C(=N)N)cc2)CC1. The lowest BCUT2D eigenvalue weighted by Crippen LogP contribution is -2.42. The number of esters is 1. The van der Waals surface area contributed by atoms with Gasteiger partial charge in [0.2, 0.25) is 11.8 Å². The second-order valence-corrected chi connectivity index (χ2v) is 6.41. The molecule has 4 N–H and O–H groups in total. The lowest BCUT2D eigenvalue weighted by atomic mass is 10.1. The molecular weight excluding hydrogens is 364 g/mol. The van der Waals surface area contributed by atoms with Gasteiger partial charge in [-0.3, -0.25) is 15.0 Å². The second kappa shape index (κ2) is 10.4. The lowest BCUT2D eigenvalue weighted by Gasteiger charge is -2.31. The molecule has 0 unspecified atom stereocenters. The van der Waals surface area contributed by atoms with Crippen LogP contribution in [0.5, 0.6) is 0 Å².